The minimum Gasteiger partial charge on any atom is -0.361 e. The average molecular weight is 271 g/mol. The minimum absolute atomic E-state index is 0.101. The summed E-state index contributed by atoms with van der Waals surface area (Å²) in [6, 6.07) is 7.86. The zero-order valence-corrected chi connectivity index (χ0v) is 11.9. The molecule has 20 heavy (non-hydrogen) atoms. The lowest BCUT2D eigenvalue weighted by atomic mass is 9.99. The van der Waals surface area contributed by atoms with E-state index in [0.29, 0.717) is 5.92 Å². The van der Waals surface area contributed by atoms with Gasteiger partial charge in [0.25, 0.3) is 5.91 Å². The van der Waals surface area contributed by atoms with Gasteiger partial charge in [-0.2, -0.15) is 0 Å². The predicted octanol–water partition coefficient (Wildman–Crippen LogP) is 2.24. The van der Waals surface area contributed by atoms with Gasteiger partial charge in [0.15, 0.2) is 0 Å². The van der Waals surface area contributed by atoms with Crippen LogP contribution in [0.2, 0.25) is 0 Å². The number of H-pyrrole nitrogens is 1. The molecule has 0 aliphatic carbocycles. The molecule has 1 aliphatic rings. The summed E-state index contributed by atoms with van der Waals surface area (Å²) < 4.78 is 0. The highest BCUT2D eigenvalue weighted by atomic mass is 16.2. The molecule has 4 heteroatoms. The molecule has 1 aliphatic heterocycles. The number of benzene rings is 1. The van der Waals surface area contributed by atoms with E-state index in [1.165, 1.54) is 12.8 Å². The molecular formula is C16H21N3O. The fraction of sp³-hybridized carbons (Fsp3) is 0.438. The summed E-state index contributed by atoms with van der Waals surface area (Å²) in [7, 11) is 1.90. The molecule has 1 saturated heterocycles. The first-order valence-corrected chi connectivity index (χ1v) is 7.28. The molecule has 2 N–H and O–H groups in total. The van der Waals surface area contributed by atoms with Gasteiger partial charge in [0.2, 0.25) is 0 Å². The summed E-state index contributed by atoms with van der Waals surface area (Å²) in [4.78, 5) is 17.6. The van der Waals surface area contributed by atoms with E-state index in [-0.39, 0.29) is 5.91 Å². The van der Waals surface area contributed by atoms with E-state index < -0.39 is 0 Å². The molecule has 3 rings (SSSR count). The summed E-state index contributed by atoms with van der Waals surface area (Å²) in [5.41, 5.74) is 1.70. The van der Waals surface area contributed by atoms with E-state index >= 15 is 0 Å². The second-order valence-electron chi connectivity index (χ2n) is 5.65. The Morgan fingerprint density at radius 1 is 1.40 bits per heavy atom. The van der Waals surface area contributed by atoms with E-state index in [1.807, 2.05) is 42.4 Å². The second-order valence-corrected chi connectivity index (χ2v) is 5.65. The Morgan fingerprint density at radius 3 is 3.10 bits per heavy atom. The Balaban J connectivity index is 1.75. The average Bonchev–Trinajstić information content (AvgIpc) is 2.96. The quantitative estimate of drug-likeness (QED) is 0.899. The number of piperidine rings is 1. The molecule has 1 aromatic carbocycles. The van der Waals surface area contributed by atoms with E-state index in [0.717, 1.165) is 36.1 Å². The van der Waals surface area contributed by atoms with Crippen LogP contribution in [0.4, 0.5) is 0 Å². The molecule has 2 heterocycles. The van der Waals surface area contributed by atoms with Crippen molar-refractivity contribution in [1.29, 1.82) is 0 Å². The van der Waals surface area contributed by atoms with Gasteiger partial charge in [0.1, 0.15) is 0 Å². The van der Waals surface area contributed by atoms with Gasteiger partial charge >= 0.3 is 0 Å². The third-order valence-electron chi connectivity index (χ3n) is 4.10. The maximum atomic E-state index is 12.6. The van der Waals surface area contributed by atoms with Crippen molar-refractivity contribution in [1.82, 2.24) is 15.2 Å². The predicted molar refractivity (Wildman–Crippen MR) is 80.9 cm³/mol. The molecule has 1 fully saturated rings. The van der Waals surface area contributed by atoms with E-state index in [4.69, 9.17) is 0 Å². The standard InChI is InChI=1S/C16H21N3O/c1-19(11-12-4-3-8-17-10-12)16(20)14-6-2-5-13-7-9-18-15(13)14/h2,5-7,9,12,17-18H,3-4,8,10-11H2,1H3. The lowest BCUT2D eigenvalue weighted by Crippen LogP contribution is -2.39. The molecule has 0 bridgehead atoms. The summed E-state index contributed by atoms with van der Waals surface area (Å²) in [5.74, 6) is 0.671. The second kappa shape index (κ2) is 5.67. The highest BCUT2D eigenvalue weighted by Crippen LogP contribution is 2.19. The van der Waals surface area contributed by atoms with Crippen LogP contribution in [0, 0.1) is 5.92 Å². The number of carbonyl (C=O) groups excluding carboxylic acids is 1. The van der Waals surface area contributed by atoms with Crippen molar-refractivity contribution in [2.75, 3.05) is 26.7 Å². The lowest BCUT2D eigenvalue weighted by Gasteiger charge is -2.27. The monoisotopic (exact) mass is 271 g/mol. The van der Waals surface area contributed by atoms with E-state index in [2.05, 4.69) is 10.3 Å². The largest absolute Gasteiger partial charge is 0.361 e. The van der Waals surface area contributed by atoms with Crippen molar-refractivity contribution in [3.63, 3.8) is 0 Å². The molecule has 1 atom stereocenters. The van der Waals surface area contributed by atoms with Gasteiger partial charge in [0.05, 0.1) is 11.1 Å². The Morgan fingerprint density at radius 2 is 2.30 bits per heavy atom. The molecule has 106 valence electrons. The Labute approximate surface area is 119 Å². The normalized spacial score (nSPS) is 19.1. The molecule has 0 spiro atoms. The smallest absolute Gasteiger partial charge is 0.255 e. The number of aromatic nitrogens is 1. The van der Waals surface area contributed by atoms with Gasteiger partial charge in [-0.3, -0.25) is 4.79 Å². The molecule has 2 aromatic rings. The van der Waals surface area contributed by atoms with Gasteiger partial charge in [-0.05, 0) is 44.0 Å². The van der Waals surface area contributed by atoms with Crippen molar-refractivity contribution in [2.24, 2.45) is 5.92 Å². The summed E-state index contributed by atoms with van der Waals surface area (Å²) >= 11 is 0. The van der Waals surface area contributed by atoms with Crippen LogP contribution in [0.1, 0.15) is 23.2 Å². The third kappa shape index (κ3) is 2.56. The molecule has 0 radical (unpaired) electrons. The first-order valence-electron chi connectivity index (χ1n) is 7.28. The number of nitrogens with zero attached hydrogens (tertiary/aromatic N) is 1. The van der Waals surface area contributed by atoms with Crippen molar-refractivity contribution < 1.29 is 4.79 Å². The van der Waals surface area contributed by atoms with Gasteiger partial charge in [-0.25, -0.2) is 0 Å². The number of para-hydroxylation sites is 1. The number of aromatic amines is 1. The lowest BCUT2D eigenvalue weighted by molar-refractivity contribution is 0.0766. The SMILES string of the molecule is CN(CC1CCCNC1)C(=O)c1cccc2cc[nH]c12. The fourth-order valence-electron chi connectivity index (χ4n) is 3.02. The summed E-state index contributed by atoms with van der Waals surface area (Å²) in [5, 5.41) is 4.49. The summed E-state index contributed by atoms with van der Waals surface area (Å²) in [6.45, 7) is 2.95. The number of hydrogen-bond donors (Lipinski definition) is 2. The fourth-order valence-corrected chi connectivity index (χ4v) is 3.02. The van der Waals surface area contributed by atoms with Crippen molar-refractivity contribution in [2.45, 2.75) is 12.8 Å². The van der Waals surface area contributed by atoms with Crippen LogP contribution in [-0.4, -0.2) is 42.5 Å². The van der Waals surface area contributed by atoms with Crippen LogP contribution in [0.3, 0.4) is 0 Å². The van der Waals surface area contributed by atoms with Crippen molar-refractivity contribution in [3.8, 4) is 0 Å². The molecular weight excluding hydrogens is 250 g/mol. The van der Waals surface area contributed by atoms with Gasteiger partial charge in [-0.15, -0.1) is 0 Å². The van der Waals surface area contributed by atoms with Crippen LogP contribution in [-0.2, 0) is 0 Å². The van der Waals surface area contributed by atoms with Gasteiger partial charge in [-0.1, -0.05) is 12.1 Å². The number of amides is 1. The Kier molecular flexibility index (Phi) is 3.74. The highest BCUT2D eigenvalue weighted by molar-refractivity contribution is 6.05. The number of hydrogen-bond acceptors (Lipinski definition) is 2. The Hall–Kier alpha value is -1.81. The van der Waals surface area contributed by atoms with Gasteiger partial charge in [0, 0.05) is 25.2 Å². The van der Waals surface area contributed by atoms with Crippen LogP contribution < -0.4 is 5.32 Å². The first-order chi connectivity index (χ1) is 9.75. The molecule has 1 aromatic heterocycles. The zero-order chi connectivity index (χ0) is 13.9. The number of nitrogens with one attached hydrogen (secondary N) is 2. The molecule has 1 unspecified atom stereocenters. The number of rotatable bonds is 3. The molecule has 1 amide bonds. The van der Waals surface area contributed by atoms with Crippen LogP contribution in [0.25, 0.3) is 10.9 Å². The first kappa shape index (κ1) is 13.2. The van der Waals surface area contributed by atoms with Crippen LogP contribution >= 0.6 is 0 Å². The Bertz CT molecular complexity index is 599. The molecule has 0 saturated carbocycles. The maximum absolute atomic E-state index is 12.6. The summed E-state index contributed by atoms with van der Waals surface area (Å²) in [6.07, 6.45) is 4.29. The minimum atomic E-state index is 0.101. The van der Waals surface area contributed by atoms with Crippen LogP contribution in [0.5, 0.6) is 0 Å². The third-order valence-corrected chi connectivity index (χ3v) is 4.10. The number of carbonyl (C=O) groups is 1. The number of fused-ring (bicyclic) bond motifs is 1. The highest BCUT2D eigenvalue weighted by Gasteiger charge is 2.20. The van der Waals surface area contributed by atoms with Crippen molar-refractivity contribution in [3.05, 3.63) is 36.0 Å². The zero-order valence-electron chi connectivity index (χ0n) is 11.9. The molecule has 4 nitrogen and oxygen atoms in total. The van der Waals surface area contributed by atoms with Crippen molar-refractivity contribution >= 4 is 16.8 Å². The van der Waals surface area contributed by atoms with Gasteiger partial charge < -0.3 is 15.2 Å². The van der Waals surface area contributed by atoms with E-state index in [9.17, 15) is 4.79 Å². The topological polar surface area (TPSA) is 48.1 Å². The van der Waals surface area contributed by atoms with Crippen LogP contribution in [0.15, 0.2) is 30.5 Å². The maximum Gasteiger partial charge on any atom is 0.255 e. The van der Waals surface area contributed by atoms with E-state index in [1.54, 1.807) is 0 Å².